The van der Waals surface area contributed by atoms with Gasteiger partial charge in [0.05, 0.1) is 17.5 Å². The number of halogens is 2. The maximum Gasteiger partial charge on any atom is 0.324 e. The van der Waals surface area contributed by atoms with Crippen molar-refractivity contribution >= 4 is 51.0 Å². The predicted molar refractivity (Wildman–Crippen MR) is 122 cm³/mol. The SMILES string of the molecule is CC(C)CC1(C(=O)O)NC(c2cc(Br)ccc2O)C2C(=O)N(c3cccc(Cl)c3)C(=O)C21. The molecule has 0 aromatic heterocycles. The molecule has 3 N–H and O–H groups in total. The van der Waals surface area contributed by atoms with E-state index in [0.717, 1.165) is 4.90 Å². The Morgan fingerprint density at radius 1 is 1.22 bits per heavy atom. The quantitative estimate of drug-likeness (QED) is 0.511. The van der Waals surface area contributed by atoms with Crippen molar-refractivity contribution in [2.75, 3.05) is 4.90 Å². The van der Waals surface area contributed by atoms with Gasteiger partial charge in [-0.05, 0) is 48.7 Å². The molecule has 0 spiro atoms. The number of carbonyl (C=O) groups is 3. The summed E-state index contributed by atoms with van der Waals surface area (Å²) in [5.41, 5.74) is -1.02. The van der Waals surface area contributed by atoms with Gasteiger partial charge in [0.25, 0.3) is 0 Å². The van der Waals surface area contributed by atoms with Gasteiger partial charge in [0, 0.05) is 21.1 Å². The van der Waals surface area contributed by atoms with E-state index in [0.29, 0.717) is 20.7 Å². The monoisotopic (exact) mass is 520 g/mol. The first kappa shape index (κ1) is 22.8. The Labute approximate surface area is 198 Å². The molecular formula is C23H22BrClN2O5. The van der Waals surface area contributed by atoms with Gasteiger partial charge in [-0.25, -0.2) is 4.90 Å². The van der Waals surface area contributed by atoms with Crippen LogP contribution in [0.15, 0.2) is 46.9 Å². The van der Waals surface area contributed by atoms with Gasteiger partial charge in [0.15, 0.2) is 0 Å². The Morgan fingerprint density at radius 2 is 1.94 bits per heavy atom. The molecule has 0 saturated carbocycles. The number of hydrogen-bond donors (Lipinski definition) is 3. The van der Waals surface area contributed by atoms with E-state index in [-0.39, 0.29) is 18.1 Å². The lowest BCUT2D eigenvalue weighted by molar-refractivity contribution is -0.149. The fourth-order valence-corrected chi connectivity index (χ4v) is 5.59. The Kier molecular flexibility index (Phi) is 5.81. The lowest BCUT2D eigenvalue weighted by atomic mass is 9.75. The lowest BCUT2D eigenvalue weighted by Crippen LogP contribution is -2.56. The number of carboxylic acid groups (broad SMARTS) is 1. The highest BCUT2D eigenvalue weighted by atomic mass is 79.9. The molecule has 2 fully saturated rings. The van der Waals surface area contributed by atoms with Gasteiger partial charge in [0.1, 0.15) is 11.3 Å². The molecule has 0 radical (unpaired) electrons. The highest BCUT2D eigenvalue weighted by molar-refractivity contribution is 9.10. The molecule has 2 heterocycles. The van der Waals surface area contributed by atoms with Crippen molar-refractivity contribution in [2.24, 2.45) is 17.8 Å². The maximum absolute atomic E-state index is 13.6. The van der Waals surface area contributed by atoms with Crippen LogP contribution in [-0.4, -0.2) is 33.5 Å². The fourth-order valence-electron chi connectivity index (χ4n) is 5.03. The van der Waals surface area contributed by atoms with Gasteiger partial charge < -0.3 is 10.2 Å². The smallest absolute Gasteiger partial charge is 0.324 e. The summed E-state index contributed by atoms with van der Waals surface area (Å²) in [5, 5.41) is 24.3. The van der Waals surface area contributed by atoms with Crippen LogP contribution < -0.4 is 10.2 Å². The van der Waals surface area contributed by atoms with Crippen molar-refractivity contribution in [3.05, 3.63) is 57.5 Å². The minimum Gasteiger partial charge on any atom is -0.508 e. The largest absolute Gasteiger partial charge is 0.508 e. The van der Waals surface area contributed by atoms with Gasteiger partial charge in [-0.2, -0.15) is 0 Å². The van der Waals surface area contributed by atoms with Crippen LogP contribution in [0.4, 0.5) is 5.69 Å². The third-order valence-corrected chi connectivity index (χ3v) is 6.89. The van der Waals surface area contributed by atoms with Crippen molar-refractivity contribution in [1.29, 1.82) is 0 Å². The number of hydrogen-bond acceptors (Lipinski definition) is 5. The molecule has 168 valence electrons. The first-order valence-electron chi connectivity index (χ1n) is 10.2. The number of aromatic hydroxyl groups is 1. The summed E-state index contributed by atoms with van der Waals surface area (Å²) < 4.78 is 0.656. The Bertz CT molecular complexity index is 1120. The molecule has 2 amide bonds. The second kappa shape index (κ2) is 8.17. The molecule has 7 nitrogen and oxygen atoms in total. The number of phenols is 1. The van der Waals surface area contributed by atoms with Crippen LogP contribution in [0.25, 0.3) is 0 Å². The number of benzene rings is 2. The fraction of sp³-hybridized carbons (Fsp3) is 0.348. The molecule has 4 rings (SSSR count). The summed E-state index contributed by atoms with van der Waals surface area (Å²) in [6.07, 6.45) is 0.136. The summed E-state index contributed by atoms with van der Waals surface area (Å²) in [4.78, 5) is 40.9. The minimum atomic E-state index is -1.67. The van der Waals surface area contributed by atoms with Crippen LogP contribution in [0, 0.1) is 17.8 Å². The van der Waals surface area contributed by atoms with Crippen LogP contribution in [0.5, 0.6) is 5.75 Å². The third kappa shape index (κ3) is 3.50. The Hall–Kier alpha value is -2.42. The molecule has 2 aliphatic heterocycles. The van der Waals surface area contributed by atoms with E-state index < -0.39 is 41.2 Å². The molecule has 32 heavy (non-hydrogen) atoms. The topological polar surface area (TPSA) is 107 Å². The number of aliphatic carboxylic acids is 1. The van der Waals surface area contributed by atoms with E-state index in [4.69, 9.17) is 11.6 Å². The average Bonchev–Trinajstić information content (AvgIpc) is 3.18. The minimum absolute atomic E-state index is 0.0720. The molecular weight excluding hydrogens is 500 g/mol. The van der Waals surface area contributed by atoms with Crippen molar-refractivity contribution < 1.29 is 24.6 Å². The second-order valence-corrected chi connectivity index (χ2v) is 10.0. The van der Waals surface area contributed by atoms with Crippen molar-refractivity contribution in [2.45, 2.75) is 31.8 Å². The zero-order chi connectivity index (χ0) is 23.4. The number of anilines is 1. The number of phenolic OH excluding ortho intramolecular Hbond substituents is 1. The predicted octanol–water partition coefficient (Wildman–Crippen LogP) is 4.13. The molecule has 2 aromatic rings. The van der Waals surface area contributed by atoms with Gasteiger partial charge in [-0.3, -0.25) is 19.7 Å². The van der Waals surface area contributed by atoms with Crippen molar-refractivity contribution in [3.8, 4) is 5.75 Å². The summed E-state index contributed by atoms with van der Waals surface area (Å²) in [7, 11) is 0. The number of fused-ring (bicyclic) bond motifs is 1. The molecule has 4 unspecified atom stereocenters. The molecule has 0 bridgehead atoms. The highest BCUT2D eigenvalue weighted by Crippen LogP contribution is 2.53. The number of nitrogens with one attached hydrogen (secondary N) is 1. The van der Waals surface area contributed by atoms with Gasteiger partial charge in [-0.1, -0.05) is 47.4 Å². The van der Waals surface area contributed by atoms with Crippen LogP contribution in [-0.2, 0) is 14.4 Å². The van der Waals surface area contributed by atoms with E-state index >= 15 is 0 Å². The highest BCUT2D eigenvalue weighted by Gasteiger charge is 2.68. The normalized spacial score (nSPS) is 27.3. The van der Waals surface area contributed by atoms with E-state index in [1.54, 1.807) is 30.3 Å². The van der Waals surface area contributed by atoms with Gasteiger partial charge >= 0.3 is 5.97 Å². The zero-order valence-electron chi connectivity index (χ0n) is 17.4. The van der Waals surface area contributed by atoms with Gasteiger partial charge in [-0.15, -0.1) is 0 Å². The number of imide groups is 1. The third-order valence-electron chi connectivity index (χ3n) is 6.16. The summed E-state index contributed by atoms with van der Waals surface area (Å²) in [5.74, 6) is -4.62. The number of amides is 2. The van der Waals surface area contributed by atoms with Gasteiger partial charge in [0.2, 0.25) is 11.8 Å². The van der Waals surface area contributed by atoms with E-state index in [1.165, 1.54) is 12.1 Å². The molecule has 0 aliphatic carbocycles. The molecule has 2 saturated heterocycles. The lowest BCUT2D eigenvalue weighted by Gasteiger charge is -2.32. The summed E-state index contributed by atoms with van der Waals surface area (Å²) >= 11 is 9.45. The summed E-state index contributed by atoms with van der Waals surface area (Å²) in [6.45, 7) is 3.72. The van der Waals surface area contributed by atoms with Crippen LogP contribution in [0.1, 0.15) is 31.9 Å². The number of nitrogens with zero attached hydrogens (tertiary/aromatic N) is 1. The van der Waals surface area contributed by atoms with Crippen LogP contribution in [0.2, 0.25) is 5.02 Å². The van der Waals surface area contributed by atoms with Crippen LogP contribution >= 0.6 is 27.5 Å². The van der Waals surface area contributed by atoms with Crippen molar-refractivity contribution in [3.63, 3.8) is 0 Å². The van der Waals surface area contributed by atoms with E-state index in [2.05, 4.69) is 21.2 Å². The Balaban J connectivity index is 1.91. The first-order valence-corrected chi connectivity index (χ1v) is 11.4. The molecule has 9 heteroatoms. The number of carboxylic acids is 1. The summed E-state index contributed by atoms with van der Waals surface area (Å²) in [6, 6.07) is 10.2. The number of carbonyl (C=O) groups excluding carboxylic acids is 2. The first-order chi connectivity index (χ1) is 15.1. The average molecular weight is 522 g/mol. The molecule has 4 atom stereocenters. The van der Waals surface area contributed by atoms with E-state index in [1.807, 2.05) is 13.8 Å². The second-order valence-electron chi connectivity index (χ2n) is 8.69. The number of rotatable bonds is 5. The standard InChI is InChI=1S/C23H22BrClN2O5/c1-11(2)10-23(22(31)32)18-17(19(26-23)15-8-12(24)6-7-16(15)28)20(29)27(21(18)30)14-5-3-4-13(25)9-14/h3-9,11,17-19,26,28H,10H2,1-2H3,(H,31,32). The van der Waals surface area contributed by atoms with Crippen molar-refractivity contribution in [1.82, 2.24) is 5.32 Å². The molecule has 2 aromatic carbocycles. The van der Waals surface area contributed by atoms with E-state index in [9.17, 15) is 24.6 Å². The maximum atomic E-state index is 13.6. The molecule has 2 aliphatic rings. The van der Waals surface area contributed by atoms with Crippen LogP contribution in [0.3, 0.4) is 0 Å². The Morgan fingerprint density at radius 3 is 2.56 bits per heavy atom. The zero-order valence-corrected chi connectivity index (χ0v) is 19.7.